The van der Waals surface area contributed by atoms with E-state index >= 15 is 0 Å². The molecule has 6 heteroatoms. The van der Waals surface area contributed by atoms with E-state index in [0.717, 1.165) is 28.7 Å². The first kappa shape index (κ1) is 14.9. The molecule has 1 unspecified atom stereocenters. The number of nitrogens with zero attached hydrogens (tertiary/aromatic N) is 3. The van der Waals surface area contributed by atoms with Crippen LogP contribution < -0.4 is 0 Å². The zero-order valence-electron chi connectivity index (χ0n) is 12.0. The smallest absolute Gasteiger partial charge is 0.146 e. The zero-order chi connectivity index (χ0) is 14.5. The highest BCUT2D eigenvalue weighted by molar-refractivity contribution is 7.84. The Labute approximate surface area is 121 Å². The van der Waals surface area contributed by atoms with E-state index in [9.17, 15) is 4.21 Å². The third-order valence-corrected chi connectivity index (χ3v) is 4.40. The van der Waals surface area contributed by atoms with Crippen molar-refractivity contribution < 1.29 is 8.95 Å². The SMILES string of the molecule is CCn1c(C)nnc1CS(=O)c1ccc(COC)cc1. The van der Waals surface area contributed by atoms with Crippen LogP contribution in [0.15, 0.2) is 29.2 Å². The third-order valence-electron chi connectivity index (χ3n) is 3.09. The Bertz CT molecular complexity index is 593. The van der Waals surface area contributed by atoms with E-state index in [1.54, 1.807) is 7.11 Å². The van der Waals surface area contributed by atoms with Crippen LogP contribution in [0, 0.1) is 6.92 Å². The molecule has 0 bridgehead atoms. The zero-order valence-corrected chi connectivity index (χ0v) is 12.8. The Kier molecular flexibility index (Phi) is 5.03. The van der Waals surface area contributed by atoms with Crippen molar-refractivity contribution in [2.24, 2.45) is 0 Å². The molecule has 0 saturated carbocycles. The number of benzene rings is 1. The van der Waals surface area contributed by atoms with Crippen molar-refractivity contribution in [3.8, 4) is 0 Å². The molecule has 2 rings (SSSR count). The van der Waals surface area contributed by atoms with Crippen molar-refractivity contribution in [1.29, 1.82) is 0 Å². The minimum atomic E-state index is -1.11. The normalized spacial score (nSPS) is 12.6. The van der Waals surface area contributed by atoms with E-state index in [0.29, 0.717) is 12.4 Å². The van der Waals surface area contributed by atoms with Crippen LogP contribution in [-0.4, -0.2) is 26.1 Å². The first-order valence-electron chi connectivity index (χ1n) is 6.50. The van der Waals surface area contributed by atoms with Crippen molar-refractivity contribution in [2.75, 3.05) is 7.11 Å². The van der Waals surface area contributed by atoms with E-state index in [4.69, 9.17) is 4.74 Å². The number of methoxy groups -OCH3 is 1. The second-order valence-electron chi connectivity index (χ2n) is 4.47. The van der Waals surface area contributed by atoms with Crippen molar-refractivity contribution in [3.63, 3.8) is 0 Å². The maximum Gasteiger partial charge on any atom is 0.146 e. The highest BCUT2D eigenvalue weighted by Gasteiger charge is 2.12. The van der Waals surface area contributed by atoms with Gasteiger partial charge in [0.2, 0.25) is 0 Å². The lowest BCUT2D eigenvalue weighted by Gasteiger charge is -2.06. The quantitative estimate of drug-likeness (QED) is 0.818. The number of aromatic nitrogens is 3. The molecule has 0 radical (unpaired) electrons. The maximum absolute atomic E-state index is 12.4. The average molecular weight is 293 g/mol. The number of aryl methyl sites for hydroxylation is 1. The minimum Gasteiger partial charge on any atom is -0.380 e. The van der Waals surface area contributed by atoms with Crippen LogP contribution in [0.2, 0.25) is 0 Å². The van der Waals surface area contributed by atoms with Crippen molar-refractivity contribution in [1.82, 2.24) is 14.8 Å². The molecule has 1 aromatic heterocycles. The minimum absolute atomic E-state index is 0.387. The van der Waals surface area contributed by atoms with Gasteiger partial charge in [-0.1, -0.05) is 12.1 Å². The summed E-state index contributed by atoms with van der Waals surface area (Å²) >= 11 is 0. The lowest BCUT2D eigenvalue weighted by atomic mass is 10.2. The number of hydrogen-bond donors (Lipinski definition) is 0. The van der Waals surface area contributed by atoms with Crippen LogP contribution in [0.3, 0.4) is 0 Å². The lowest BCUT2D eigenvalue weighted by Crippen LogP contribution is -2.07. The van der Waals surface area contributed by atoms with Crippen molar-refractivity contribution in [3.05, 3.63) is 41.5 Å². The van der Waals surface area contributed by atoms with Gasteiger partial charge in [-0.05, 0) is 31.5 Å². The topological polar surface area (TPSA) is 57.0 Å². The van der Waals surface area contributed by atoms with Gasteiger partial charge in [-0.25, -0.2) is 0 Å². The molecule has 1 atom stereocenters. The number of ether oxygens (including phenoxy) is 1. The molecule has 108 valence electrons. The second-order valence-corrected chi connectivity index (χ2v) is 5.93. The fraction of sp³-hybridized carbons (Fsp3) is 0.429. The molecular formula is C14H19N3O2S. The van der Waals surface area contributed by atoms with E-state index in [1.165, 1.54) is 0 Å². The Balaban J connectivity index is 2.11. The summed E-state index contributed by atoms with van der Waals surface area (Å²) in [5, 5.41) is 8.13. The Morgan fingerprint density at radius 3 is 2.55 bits per heavy atom. The lowest BCUT2D eigenvalue weighted by molar-refractivity contribution is 0.185. The summed E-state index contributed by atoms with van der Waals surface area (Å²) in [5.41, 5.74) is 1.07. The van der Waals surface area contributed by atoms with E-state index < -0.39 is 10.8 Å². The summed E-state index contributed by atoms with van der Waals surface area (Å²) in [5.74, 6) is 2.01. The monoisotopic (exact) mass is 293 g/mol. The van der Waals surface area contributed by atoms with Gasteiger partial charge in [0, 0.05) is 18.6 Å². The van der Waals surface area contributed by atoms with Gasteiger partial charge in [-0.2, -0.15) is 0 Å². The number of hydrogen-bond acceptors (Lipinski definition) is 4. The fourth-order valence-electron chi connectivity index (χ4n) is 2.05. The fourth-order valence-corrected chi connectivity index (χ4v) is 3.10. The van der Waals surface area contributed by atoms with Gasteiger partial charge in [0.15, 0.2) is 0 Å². The molecule has 0 spiro atoms. The molecule has 5 nitrogen and oxygen atoms in total. The van der Waals surface area contributed by atoms with Crippen LogP contribution >= 0.6 is 0 Å². The first-order chi connectivity index (χ1) is 9.65. The summed E-state index contributed by atoms with van der Waals surface area (Å²) in [4.78, 5) is 0.799. The predicted molar refractivity (Wildman–Crippen MR) is 77.7 cm³/mol. The highest BCUT2D eigenvalue weighted by Crippen LogP contribution is 2.14. The van der Waals surface area contributed by atoms with Crippen molar-refractivity contribution in [2.45, 2.75) is 37.6 Å². The molecule has 2 aromatic rings. The number of rotatable bonds is 6. The summed E-state index contributed by atoms with van der Waals surface area (Å²) < 4.78 is 19.4. The van der Waals surface area contributed by atoms with Gasteiger partial charge in [-0.15, -0.1) is 10.2 Å². The van der Waals surface area contributed by atoms with Crippen LogP contribution in [-0.2, 0) is 34.4 Å². The highest BCUT2D eigenvalue weighted by atomic mass is 32.2. The van der Waals surface area contributed by atoms with Gasteiger partial charge in [0.05, 0.1) is 23.2 Å². The Hall–Kier alpha value is -1.53. The summed E-state index contributed by atoms with van der Waals surface area (Å²) in [6, 6.07) is 7.63. The van der Waals surface area contributed by atoms with Gasteiger partial charge < -0.3 is 9.30 Å². The Morgan fingerprint density at radius 1 is 1.25 bits per heavy atom. The van der Waals surface area contributed by atoms with E-state index in [-0.39, 0.29) is 0 Å². The van der Waals surface area contributed by atoms with Crippen LogP contribution in [0.1, 0.15) is 24.1 Å². The van der Waals surface area contributed by atoms with Crippen LogP contribution in [0.25, 0.3) is 0 Å². The second kappa shape index (κ2) is 6.76. The van der Waals surface area contributed by atoms with Crippen LogP contribution in [0.4, 0.5) is 0 Å². The molecule has 0 aliphatic heterocycles. The van der Waals surface area contributed by atoms with E-state index in [1.807, 2.05) is 42.7 Å². The molecule has 0 N–H and O–H groups in total. The largest absolute Gasteiger partial charge is 0.380 e. The molecule has 0 fully saturated rings. The van der Waals surface area contributed by atoms with Crippen LogP contribution in [0.5, 0.6) is 0 Å². The third kappa shape index (κ3) is 3.32. The standard InChI is InChI=1S/C14H19N3O2S/c1-4-17-11(2)15-16-14(17)10-20(18)13-7-5-12(6-8-13)9-19-3/h5-8H,4,9-10H2,1-3H3. The van der Waals surface area contributed by atoms with Crippen molar-refractivity contribution >= 4 is 10.8 Å². The first-order valence-corrected chi connectivity index (χ1v) is 7.82. The van der Waals surface area contributed by atoms with Gasteiger partial charge in [0.25, 0.3) is 0 Å². The Morgan fingerprint density at radius 2 is 1.95 bits per heavy atom. The summed E-state index contributed by atoms with van der Waals surface area (Å²) in [6.45, 7) is 5.29. The van der Waals surface area contributed by atoms with Gasteiger partial charge >= 0.3 is 0 Å². The summed E-state index contributed by atoms with van der Waals surface area (Å²) in [7, 11) is 0.549. The molecule has 20 heavy (non-hydrogen) atoms. The average Bonchev–Trinajstić information content (AvgIpc) is 2.80. The van der Waals surface area contributed by atoms with Gasteiger partial charge in [0.1, 0.15) is 11.6 Å². The molecular weight excluding hydrogens is 274 g/mol. The summed E-state index contributed by atoms with van der Waals surface area (Å²) in [6.07, 6.45) is 0. The molecule has 1 aromatic carbocycles. The molecule has 0 aliphatic carbocycles. The molecule has 0 saturated heterocycles. The maximum atomic E-state index is 12.4. The van der Waals surface area contributed by atoms with Gasteiger partial charge in [-0.3, -0.25) is 4.21 Å². The molecule has 0 amide bonds. The molecule has 1 heterocycles. The molecule has 0 aliphatic rings. The van der Waals surface area contributed by atoms with E-state index in [2.05, 4.69) is 10.2 Å². The predicted octanol–water partition coefficient (Wildman–Crippen LogP) is 2.06.